The molecule has 1 aromatic carbocycles. The van der Waals surface area contributed by atoms with Gasteiger partial charge in [0.05, 0.1) is 0 Å². The maximum atomic E-state index is 6.11. The van der Waals surface area contributed by atoms with Crippen molar-refractivity contribution in [1.29, 1.82) is 0 Å². The Kier molecular flexibility index (Phi) is 3.29. The van der Waals surface area contributed by atoms with Gasteiger partial charge in [-0.3, -0.25) is 4.90 Å². The summed E-state index contributed by atoms with van der Waals surface area (Å²) in [6.07, 6.45) is 7.11. The van der Waals surface area contributed by atoms with Crippen molar-refractivity contribution in [2.75, 3.05) is 12.3 Å². The van der Waals surface area contributed by atoms with E-state index in [1.807, 2.05) is 0 Å². The van der Waals surface area contributed by atoms with Gasteiger partial charge in [0.25, 0.3) is 0 Å². The van der Waals surface area contributed by atoms with Crippen LogP contribution in [-0.4, -0.2) is 17.5 Å². The van der Waals surface area contributed by atoms with E-state index in [0.29, 0.717) is 0 Å². The van der Waals surface area contributed by atoms with E-state index in [1.54, 1.807) is 0 Å². The zero-order valence-electron chi connectivity index (χ0n) is 11.4. The van der Waals surface area contributed by atoms with Crippen LogP contribution in [0.15, 0.2) is 18.2 Å². The zero-order chi connectivity index (χ0) is 12.5. The first-order valence-electron chi connectivity index (χ1n) is 7.33. The second-order valence-electron chi connectivity index (χ2n) is 6.07. The fourth-order valence-corrected chi connectivity index (χ4v) is 3.79. The Balaban J connectivity index is 1.74. The van der Waals surface area contributed by atoms with Crippen LogP contribution in [0, 0.1) is 12.8 Å². The Morgan fingerprint density at radius 3 is 2.94 bits per heavy atom. The molecule has 98 valence electrons. The first kappa shape index (κ1) is 12.0. The highest BCUT2D eigenvalue weighted by Gasteiger charge is 2.35. The summed E-state index contributed by atoms with van der Waals surface area (Å²) in [5.41, 5.74) is 9.71. The van der Waals surface area contributed by atoms with Crippen molar-refractivity contribution in [2.24, 2.45) is 5.92 Å². The van der Waals surface area contributed by atoms with Crippen molar-refractivity contribution in [3.05, 3.63) is 29.3 Å². The van der Waals surface area contributed by atoms with Crippen LogP contribution in [0.5, 0.6) is 0 Å². The molecular weight excluding hydrogens is 220 g/mol. The minimum absolute atomic E-state index is 0.832. The van der Waals surface area contributed by atoms with Gasteiger partial charge in [-0.1, -0.05) is 30.5 Å². The molecule has 2 atom stereocenters. The number of hydrogen-bond acceptors (Lipinski definition) is 2. The predicted molar refractivity (Wildman–Crippen MR) is 76.4 cm³/mol. The molecule has 1 aliphatic heterocycles. The lowest BCUT2D eigenvalue weighted by Crippen LogP contribution is -2.34. The number of benzene rings is 1. The lowest BCUT2D eigenvalue weighted by atomic mass is 9.85. The molecule has 2 fully saturated rings. The van der Waals surface area contributed by atoms with E-state index in [1.165, 1.54) is 49.8 Å². The molecule has 0 bridgehead atoms. The molecule has 1 heterocycles. The number of likely N-dealkylation sites (tertiary alicyclic amines) is 1. The van der Waals surface area contributed by atoms with Gasteiger partial charge in [-0.2, -0.15) is 0 Å². The first-order chi connectivity index (χ1) is 8.74. The highest BCUT2D eigenvalue weighted by molar-refractivity contribution is 5.48. The Hall–Kier alpha value is -1.02. The Bertz CT molecular complexity index is 427. The molecule has 0 radical (unpaired) electrons. The maximum absolute atomic E-state index is 6.11. The topological polar surface area (TPSA) is 29.3 Å². The molecule has 0 amide bonds. The monoisotopic (exact) mass is 244 g/mol. The van der Waals surface area contributed by atoms with Gasteiger partial charge in [0.1, 0.15) is 0 Å². The highest BCUT2D eigenvalue weighted by Crippen LogP contribution is 2.37. The van der Waals surface area contributed by atoms with Gasteiger partial charge in [0.15, 0.2) is 0 Å². The molecule has 2 nitrogen and oxygen atoms in total. The Morgan fingerprint density at radius 1 is 1.22 bits per heavy atom. The molecule has 2 N–H and O–H groups in total. The summed E-state index contributed by atoms with van der Waals surface area (Å²) in [6, 6.07) is 7.25. The standard InChI is InChI=1S/C16H24N2/c1-12-6-7-15(17)14(10-12)11-18-9-8-13-4-2-3-5-16(13)18/h6-7,10,13,16H,2-5,8-9,11,17H2,1H3. The molecule has 3 rings (SSSR count). The lowest BCUT2D eigenvalue weighted by molar-refractivity contribution is 0.176. The first-order valence-corrected chi connectivity index (χ1v) is 7.33. The number of rotatable bonds is 2. The molecule has 2 aliphatic rings. The number of fused-ring (bicyclic) bond motifs is 1. The van der Waals surface area contributed by atoms with E-state index in [9.17, 15) is 0 Å². The third-order valence-electron chi connectivity index (χ3n) is 4.80. The zero-order valence-corrected chi connectivity index (χ0v) is 11.4. The molecule has 0 aromatic heterocycles. The van der Waals surface area contributed by atoms with E-state index in [-0.39, 0.29) is 0 Å². The largest absolute Gasteiger partial charge is 0.398 e. The second kappa shape index (κ2) is 4.93. The van der Waals surface area contributed by atoms with Crippen LogP contribution in [0.25, 0.3) is 0 Å². The number of anilines is 1. The number of hydrogen-bond donors (Lipinski definition) is 1. The summed E-state index contributed by atoms with van der Waals surface area (Å²) in [4.78, 5) is 2.68. The smallest absolute Gasteiger partial charge is 0.0359 e. The Morgan fingerprint density at radius 2 is 2.06 bits per heavy atom. The van der Waals surface area contributed by atoms with Gasteiger partial charge < -0.3 is 5.73 Å². The van der Waals surface area contributed by atoms with E-state index >= 15 is 0 Å². The minimum Gasteiger partial charge on any atom is -0.398 e. The van der Waals surface area contributed by atoms with Crippen LogP contribution in [0.3, 0.4) is 0 Å². The molecule has 1 aromatic rings. The summed E-state index contributed by atoms with van der Waals surface area (Å²) >= 11 is 0. The highest BCUT2D eigenvalue weighted by atomic mass is 15.2. The average Bonchev–Trinajstić information content (AvgIpc) is 2.78. The molecule has 1 saturated carbocycles. The van der Waals surface area contributed by atoms with Gasteiger partial charge in [-0.05, 0) is 50.3 Å². The summed E-state index contributed by atoms with van der Waals surface area (Å²) < 4.78 is 0. The van der Waals surface area contributed by atoms with E-state index in [0.717, 1.165) is 24.2 Å². The van der Waals surface area contributed by atoms with E-state index in [2.05, 4.69) is 30.0 Å². The molecule has 0 spiro atoms. The molecule has 1 aliphatic carbocycles. The number of nitrogen functional groups attached to an aromatic ring is 1. The van der Waals surface area contributed by atoms with Crippen molar-refractivity contribution in [2.45, 2.75) is 51.6 Å². The van der Waals surface area contributed by atoms with Crippen molar-refractivity contribution < 1.29 is 0 Å². The van der Waals surface area contributed by atoms with Gasteiger partial charge in [0.2, 0.25) is 0 Å². The number of aryl methyl sites for hydroxylation is 1. The summed E-state index contributed by atoms with van der Waals surface area (Å²) in [7, 11) is 0. The fourth-order valence-electron chi connectivity index (χ4n) is 3.79. The normalized spacial score (nSPS) is 28.3. The quantitative estimate of drug-likeness (QED) is 0.808. The van der Waals surface area contributed by atoms with Gasteiger partial charge in [-0.25, -0.2) is 0 Å². The molecule has 2 unspecified atom stereocenters. The van der Waals surface area contributed by atoms with E-state index < -0.39 is 0 Å². The van der Waals surface area contributed by atoms with Crippen LogP contribution in [0.4, 0.5) is 5.69 Å². The third kappa shape index (κ3) is 2.26. The summed E-state index contributed by atoms with van der Waals surface area (Å²) in [6.45, 7) is 4.47. The van der Waals surface area contributed by atoms with Gasteiger partial charge in [0, 0.05) is 18.3 Å². The van der Waals surface area contributed by atoms with Crippen molar-refractivity contribution in [3.8, 4) is 0 Å². The van der Waals surface area contributed by atoms with Crippen molar-refractivity contribution in [1.82, 2.24) is 4.90 Å². The van der Waals surface area contributed by atoms with Crippen LogP contribution in [-0.2, 0) is 6.54 Å². The summed E-state index contributed by atoms with van der Waals surface area (Å²) in [5, 5.41) is 0. The average molecular weight is 244 g/mol. The van der Waals surface area contributed by atoms with E-state index in [4.69, 9.17) is 5.73 Å². The van der Waals surface area contributed by atoms with Crippen LogP contribution in [0.2, 0.25) is 0 Å². The van der Waals surface area contributed by atoms with Crippen molar-refractivity contribution in [3.63, 3.8) is 0 Å². The van der Waals surface area contributed by atoms with Gasteiger partial charge in [-0.15, -0.1) is 0 Å². The van der Waals surface area contributed by atoms with Crippen molar-refractivity contribution >= 4 is 5.69 Å². The lowest BCUT2D eigenvalue weighted by Gasteiger charge is -2.32. The molecular formula is C16H24N2. The fraction of sp³-hybridized carbons (Fsp3) is 0.625. The summed E-state index contributed by atoms with van der Waals surface area (Å²) in [5.74, 6) is 0.963. The molecule has 1 saturated heterocycles. The molecule has 2 heteroatoms. The van der Waals surface area contributed by atoms with Crippen LogP contribution >= 0.6 is 0 Å². The maximum Gasteiger partial charge on any atom is 0.0359 e. The van der Waals surface area contributed by atoms with Crippen LogP contribution in [0.1, 0.15) is 43.2 Å². The number of nitrogens with zero attached hydrogens (tertiary/aromatic N) is 1. The third-order valence-corrected chi connectivity index (χ3v) is 4.80. The predicted octanol–water partition coefficient (Wildman–Crippen LogP) is 3.34. The van der Waals surface area contributed by atoms with Gasteiger partial charge >= 0.3 is 0 Å². The second-order valence-corrected chi connectivity index (χ2v) is 6.07. The molecule has 18 heavy (non-hydrogen) atoms. The SMILES string of the molecule is Cc1ccc(N)c(CN2CCC3CCCCC32)c1. The Labute approximate surface area is 110 Å². The number of nitrogens with two attached hydrogens (primary N) is 1. The minimum atomic E-state index is 0.832. The van der Waals surface area contributed by atoms with Crippen LogP contribution < -0.4 is 5.73 Å².